The van der Waals surface area contributed by atoms with Crippen molar-refractivity contribution < 1.29 is 24.6 Å². The average Bonchev–Trinajstić information content (AvgIpc) is 3.27. The first-order valence-corrected chi connectivity index (χ1v) is 22.2. The van der Waals surface area contributed by atoms with Crippen LogP contribution in [0.4, 0.5) is 0 Å². The zero-order valence-electron chi connectivity index (χ0n) is 39.1. The molecule has 4 aromatic carbocycles. The Bertz CT molecular complexity index is 1470. The van der Waals surface area contributed by atoms with Gasteiger partial charge in [-0.05, 0) is 105 Å². The summed E-state index contributed by atoms with van der Waals surface area (Å²) in [6.45, 7) is 31.6. The second-order valence-electron chi connectivity index (χ2n) is 12.2. The van der Waals surface area contributed by atoms with Crippen LogP contribution in [-0.4, -0.2) is 29.1 Å². The molecule has 0 aliphatic rings. The molecule has 0 atom stereocenters. The number of allylic oxidation sites excluding steroid dienone is 1. The molecule has 59 heavy (non-hydrogen) atoms. The lowest BCUT2D eigenvalue weighted by Crippen LogP contribution is -1.93. The first kappa shape index (κ1) is 63.5. The van der Waals surface area contributed by atoms with Gasteiger partial charge in [-0.15, -0.1) is 6.58 Å². The number of phenols is 2. The maximum absolute atomic E-state index is 9.68. The largest absolute Gasteiger partial charge is 0.508 e. The summed E-state index contributed by atoms with van der Waals surface area (Å²) in [6, 6.07) is 31.2. The summed E-state index contributed by atoms with van der Waals surface area (Å²) in [5, 5.41) is 18.1. The summed E-state index contributed by atoms with van der Waals surface area (Å²) in [5.41, 5.74) is 6.46. The summed E-state index contributed by atoms with van der Waals surface area (Å²) < 4.78 is 0. The van der Waals surface area contributed by atoms with E-state index in [1.165, 1.54) is 66.7 Å². The zero-order valence-corrected chi connectivity index (χ0v) is 39.9. The number of phenolic OH excluding ortho intramolecular Hbond substituents is 2. The third kappa shape index (κ3) is 42.7. The van der Waals surface area contributed by atoms with Crippen LogP contribution < -0.4 is 0 Å². The van der Waals surface area contributed by atoms with Crippen molar-refractivity contribution in [2.45, 2.75) is 152 Å². The summed E-state index contributed by atoms with van der Waals surface area (Å²) in [5.74, 6) is 0.615. The Morgan fingerprint density at radius 1 is 0.627 bits per heavy atom. The van der Waals surface area contributed by atoms with Gasteiger partial charge in [-0.25, -0.2) is 0 Å². The average molecular weight is 831 g/mol. The number of aryl methyl sites for hydroxylation is 3. The first-order valence-electron chi connectivity index (χ1n) is 21.4. The third-order valence-electron chi connectivity index (χ3n) is 7.39. The monoisotopic (exact) mass is 831 g/mol. The van der Waals surface area contributed by atoms with Gasteiger partial charge in [0.25, 0.3) is 0 Å². The third-order valence-corrected chi connectivity index (χ3v) is 8.47. The number of carbonyl (C=O) groups excluding carboxylic acids is 3. The van der Waals surface area contributed by atoms with E-state index in [9.17, 15) is 9.90 Å². The van der Waals surface area contributed by atoms with Crippen LogP contribution in [0.5, 0.6) is 11.5 Å². The molecule has 0 aliphatic carbocycles. The Labute approximate surface area is 366 Å². The zero-order chi connectivity index (χ0) is 46.1. The second-order valence-corrected chi connectivity index (χ2v) is 13.3. The molecule has 0 aliphatic heterocycles. The number of aldehydes is 3. The Morgan fingerprint density at radius 3 is 1.44 bits per heavy atom. The van der Waals surface area contributed by atoms with Crippen molar-refractivity contribution in [3.05, 3.63) is 144 Å². The van der Waals surface area contributed by atoms with Gasteiger partial charge < -0.3 is 24.6 Å². The summed E-state index contributed by atoms with van der Waals surface area (Å²) in [4.78, 5) is 29.6. The predicted molar refractivity (Wildman–Crippen MR) is 263 cm³/mol. The second kappa shape index (κ2) is 51.3. The Balaban J connectivity index is -0.000000210. The van der Waals surface area contributed by atoms with Gasteiger partial charge in [-0.1, -0.05) is 185 Å². The lowest BCUT2D eigenvalue weighted by atomic mass is 10.0. The highest BCUT2D eigenvalue weighted by molar-refractivity contribution is 8.08. The van der Waals surface area contributed by atoms with Crippen molar-refractivity contribution in [2.24, 2.45) is 0 Å². The Morgan fingerprint density at radius 2 is 1.10 bits per heavy atom. The molecule has 330 valence electrons. The normalized spacial score (nSPS) is 8.54. The van der Waals surface area contributed by atoms with Crippen LogP contribution in [0, 0.1) is 6.92 Å². The van der Waals surface area contributed by atoms with Crippen molar-refractivity contribution in [1.82, 2.24) is 0 Å². The van der Waals surface area contributed by atoms with E-state index in [-0.39, 0.29) is 5.75 Å². The molecule has 0 saturated carbocycles. The lowest BCUT2D eigenvalue weighted by molar-refractivity contribution is -0.108. The molecule has 4 aromatic rings. The van der Waals surface area contributed by atoms with Crippen LogP contribution >= 0.6 is 11.8 Å². The standard InChI is InChI=1S/C18H20OS.C8H10.C7H8O.C6H12O.C4H10.C4H8.2C2H4O.C2H6/c1-4-14-7-6-8-18(17(14)5-2)20-13(3)15-9-11-16(19)12-10-15;1-2-8-6-4-3-5-7-8;1-6-2-4-7(8)5-3-6;1-2-3-4-5-6-7;2*1-3-4-2;2*1-2-3;1-2/h6-12,19H,3-5H2,1-2H3;3-7H,2H2,1H3;2-5,8H,1H3;6H,2-5H2,1H3;3-4H2,1-2H3;3H,1,4H2,2H3;2*2H,1H3;1-2H3. The predicted octanol–water partition coefficient (Wildman–Crippen LogP) is 15.8. The minimum absolute atomic E-state index is 0.286. The summed E-state index contributed by atoms with van der Waals surface area (Å²) in [7, 11) is 0. The fraction of sp³-hybridized carbons (Fsp3) is 0.415. The van der Waals surface area contributed by atoms with Crippen LogP contribution in [0.2, 0.25) is 0 Å². The van der Waals surface area contributed by atoms with Crippen LogP contribution in [-0.2, 0) is 33.6 Å². The molecule has 6 heteroatoms. The molecule has 0 unspecified atom stereocenters. The molecule has 5 nitrogen and oxygen atoms in total. The fourth-order valence-electron chi connectivity index (χ4n) is 4.01. The van der Waals surface area contributed by atoms with Crippen molar-refractivity contribution in [3.63, 3.8) is 0 Å². The van der Waals surface area contributed by atoms with E-state index in [2.05, 4.69) is 104 Å². The number of rotatable bonds is 12. The van der Waals surface area contributed by atoms with Gasteiger partial charge in [0.05, 0.1) is 0 Å². The van der Waals surface area contributed by atoms with E-state index >= 15 is 0 Å². The summed E-state index contributed by atoms with van der Waals surface area (Å²) >= 11 is 1.71. The van der Waals surface area contributed by atoms with Crippen LogP contribution in [0.15, 0.2) is 121 Å². The number of aromatic hydroxyl groups is 2. The van der Waals surface area contributed by atoms with Crippen molar-refractivity contribution >= 4 is 35.5 Å². The van der Waals surface area contributed by atoms with E-state index in [4.69, 9.17) is 14.7 Å². The molecule has 0 fully saturated rings. The number of thioether (sulfide) groups is 1. The molecule has 0 heterocycles. The summed E-state index contributed by atoms with van der Waals surface area (Å²) in [6.07, 6.45) is 15.5. The first-order chi connectivity index (χ1) is 28.4. The highest BCUT2D eigenvalue weighted by Gasteiger charge is 2.09. The van der Waals surface area contributed by atoms with Gasteiger partial charge >= 0.3 is 0 Å². The van der Waals surface area contributed by atoms with E-state index in [0.717, 1.165) is 67.9 Å². The van der Waals surface area contributed by atoms with Crippen LogP contribution in [0.1, 0.15) is 149 Å². The Hall–Kier alpha value is -4.68. The molecule has 2 N–H and O–H groups in total. The number of unbranched alkanes of at least 4 members (excludes halogenated alkanes) is 4. The quantitative estimate of drug-likeness (QED) is 0.0639. The van der Waals surface area contributed by atoms with Gasteiger partial charge in [-0.2, -0.15) is 0 Å². The van der Waals surface area contributed by atoms with Gasteiger partial charge in [0.15, 0.2) is 0 Å². The van der Waals surface area contributed by atoms with Crippen molar-refractivity contribution in [1.29, 1.82) is 0 Å². The number of benzene rings is 4. The molecular weight excluding hydrogens is 749 g/mol. The fourth-order valence-corrected chi connectivity index (χ4v) is 5.08. The highest BCUT2D eigenvalue weighted by Crippen LogP contribution is 2.36. The van der Waals surface area contributed by atoms with Gasteiger partial charge in [-0.3, -0.25) is 0 Å². The number of hydrogen-bond donors (Lipinski definition) is 2. The molecule has 0 saturated heterocycles. The Kier molecular flexibility index (Phi) is 55.2. The van der Waals surface area contributed by atoms with Crippen LogP contribution in [0.25, 0.3) is 4.91 Å². The lowest BCUT2D eigenvalue weighted by Gasteiger charge is -2.13. The number of carbonyl (C=O) groups is 3. The SMILES string of the molecule is C=C(Sc1cccc(CC)c1CC)c1ccc(O)cc1.C=CCC.CC.CC=O.CC=O.CCCC.CCCCCC=O.CCc1ccccc1.Cc1ccc(O)cc1. The van der Waals surface area contributed by atoms with Gasteiger partial charge in [0, 0.05) is 16.2 Å². The molecule has 0 aromatic heterocycles. The highest BCUT2D eigenvalue weighted by atomic mass is 32.2. The number of hydrogen-bond acceptors (Lipinski definition) is 6. The molecule has 0 bridgehead atoms. The van der Waals surface area contributed by atoms with E-state index in [1.54, 1.807) is 36.0 Å². The maximum Gasteiger partial charge on any atom is 0.119 e. The molecular formula is C53H82O5S. The van der Waals surface area contributed by atoms with E-state index < -0.39 is 0 Å². The maximum atomic E-state index is 9.68. The van der Waals surface area contributed by atoms with Gasteiger partial charge in [0.2, 0.25) is 0 Å². The van der Waals surface area contributed by atoms with E-state index in [0.29, 0.717) is 5.75 Å². The molecule has 0 radical (unpaired) electrons. The van der Waals surface area contributed by atoms with E-state index in [1.807, 2.05) is 57.2 Å². The molecule has 0 amide bonds. The van der Waals surface area contributed by atoms with Gasteiger partial charge in [0.1, 0.15) is 30.4 Å². The van der Waals surface area contributed by atoms with Crippen LogP contribution in [0.3, 0.4) is 0 Å². The van der Waals surface area contributed by atoms with Crippen molar-refractivity contribution in [3.8, 4) is 11.5 Å². The minimum atomic E-state index is 0.286. The molecule has 0 spiro atoms. The van der Waals surface area contributed by atoms with Crippen molar-refractivity contribution in [2.75, 3.05) is 0 Å². The molecule has 4 rings (SSSR count). The smallest absolute Gasteiger partial charge is 0.119 e. The minimum Gasteiger partial charge on any atom is -0.508 e. The topological polar surface area (TPSA) is 91.7 Å².